The molecule has 27 heavy (non-hydrogen) atoms. The van der Waals surface area contributed by atoms with Crippen LogP contribution < -0.4 is 5.32 Å². The van der Waals surface area contributed by atoms with Crippen LogP contribution in [-0.2, 0) is 11.2 Å². The molecule has 0 amide bonds. The van der Waals surface area contributed by atoms with Gasteiger partial charge in [0.15, 0.2) is 23.2 Å². The molecule has 0 radical (unpaired) electrons. The van der Waals surface area contributed by atoms with Crippen molar-refractivity contribution in [3.63, 3.8) is 0 Å². The Morgan fingerprint density at radius 2 is 1.96 bits per heavy atom. The number of hydrogen-bond acceptors (Lipinski definition) is 7. The number of hydrogen-bond donors (Lipinski definition) is 3. The van der Waals surface area contributed by atoms with Gasteiger partial charge < -0.3 is 20.3 Å². The van der Waals surface area contributed by atoms with E-state index in [2.05, 4.69) is 38.3 Å². The minimum Gasteiger partial charge on any atom is -0.386 e. The first-order chi connectivity index (χ1) is 13.2. The molecule has 4 atom stereocenters. The first kappa shape index (κ1) is 17.4. The molecule has 1 aliphatic rings. The number of anilines is 1. The van der Waals surface area contributed by atoms with E-state index in [4.69, 9.17) is 11.2 Å². The smallest absolute Gasteiger partial charge is 0.167 e. The lowest BCUT2D eigenvalue weighted by molar-refractivity contribution is -0.0230. The van der Waals surface area contributed by atoms with Crippen LogP contribution >= 0.6 is 0 Å². The van der Waals surface area contributed by atoms with E-state index in [1.165, 1.54) is 18.2 Å². The lowest BCUT2D eigenvalue weighted by Crippen LogP contribution is -2.30. The van der Waals surface area contributed by atoms with Gasteiger partial charge in [-0.05, 0) is 12.0 Å². The second-order valence-corrected chi connectivity index (χ2v) is 6.30. The van der Waals surface area contributed by atoms with Crippen molar-refractivity contribution in [2.24, 2.45) is 0 Å². The van der Waals surface area contributed by atoms with Crippen molar-refractivity contribution >= 4 is 17.0 Å². The lowest BCUT2D eigenvalue weighted by Gasteiger charge is -2.16. The van der Waals surface area contributed by atoms with Crippen LogP contribution in [0.25, 0.3) is 11.2 Å². The maximum atomic E-state index is 10.2. The standard InChI is InChI=1S/C19H19N5O3/c1-2-13-15(25)16(26)19(27-13)24-11-23-14-17(21-10-22-18(14)24)20-9-8-12-6-4-3-5-7-12/h1,3-7,10-11,13,15-16,19,25-26H,8-9H2,(H,20,21,22)/t13-,15-,16-,19-/m1/s1. The number of imidazole rings is 1. The predicted molar refractivity (Wildman–Crippen MR) is 98.7 cm³/mol. The van der Waals surface area contributed by atoms with E-state index in [1.54, 1.807) is 4.57 Å². The van der Waals surface area contributed by atoms with Crippen LogP contribution in [0.5, 0.6) is 0 Å². The molecule has 0 spiro atoms. The molecule has 1 saturated heterocycles. The highest BCUT2D eigenvalue weighted by atomic mass is 16.6. The summed E-state index contributed by atoms with van der Waals surface area (Å²) >= 11 is 0. The molecular formula is C19H19N5O3. The minimum absolute atomic E-state index is 0.487. The molecule has 8 nitrogen and oxygen atoms in total. The summed E-state index contributed by atoms with van der Waals surface area (Å²) in [5.41, 5.74) is 2.26. The number of nitrogens with one attached hydrogen (secondary N) is 1. The molecule has 1 fully saturated rings. The fourth-order valence-corrected chi connectivity index (χ4v) is 3.16. The molecule has 2 aromatic heterocycles. The molecule has 4 rings (SSSR count). The zero-order chi connectivity index (χ0) is 18.8. The van der Waals surface area contributed by atoms with Gasteiger partial charge in [-0.1, -0.05) is 36.3 Å². The summed E-state index contributed by atoms with van der Waals surface area (Å²) in [6, 6.07) is 10.1. The van der Waals surface area contributed by atoms with Gasteiger partial charge in [0.05, 0.1) is 6.33 Å². The van der Waals surface area contributed by atoms with Gasteiger partial charge in [-0.3, -0.25) is 4.57 Å². The van der Waals surface area contributed by atoms with Crippen LogP contribution in [0, 0.1) is 12.3 Å². The fraction of sp³-hybridized carbons (Fsp3) is 0.316. The van der Waals surface area contributed by atoms with Crippen molar-refractivity contribution in [3.8, 4) is 12.3 Å². The maximum absolute atomic E-state index is 10.2. The minimum atomic E-state index is -1.17. The van der Waals surface area contributed by atoms with E-state index in [0.29, 0.717) is 23.5 Å². The lowest BCUT2D eigenvalue weighted by atomic mass is 10.1. The maximum Gasteiger partial charge on any atom is 0.167 e. The number of fused-ring (bicyclic) bond motifs is 1. The number of aliphatic hydroxyl groups excluding tert-OH is 2. The van der Waals surface area contributed by atoms with Gasteiger partial charge in [-0.25, -0.2) is 15.0 Å². The van der Waals surface area contributed by atoms with Gasteiger partial charge >= 0.3 is 0 Å². The third-order valence-corrected chi connectivity index (χ3v) is 4.58. The van der Waals surface area contributed by atoms with E-state index in [-0.39, 0.29) is 0 Å². The van der Waals surface area contributed by atoms with Crippen molar-refractivity contribution in [1.29, 1.82) is 0 Å². The predicted octanol–water partition coefficient (Wildman–Crippen LogP) is 0.733. The molecule has 0 aliphatic carbocycles. The van der Waals surface area contributed by atoms with Crippen molar-refractivity contribution < 1.29 is 14.9 Å². The molecule has 3 aromatic rings. The summed E-state index contributed by atoms with van der Waals surface area (Å²) < 4.78 is 7.13. The quantitative estimate of drug-likeness (QED) is 0.573. The van der Waals surface area contributed by atoms with Crippen LogP contribution in [0.1, 0.15) is 11.8 Å². The second-order valence-electron chi connectivity index (χ2n) is 6.30. The zero-order valence-electron chi connectivity index (χ0n) is 14.4. The van der Waals surface area contributed by atoms with Gasteiger partial charge in [-0.2, -0.15) is 0 Å². The Morgan fingerprint density at radius 3 is 2.70 bits per heavy atom. The summed E-state index contributed by atoms with van der Waals surface area (Å²) in [5, 5.41) is 23.5. The first-order valence-corrected chi connectivity index (χ1v) is 8.62. The van der Waals surface area contributed by atoms with Gasteiger partial charge in [0.2, 0.25) is 0 Å². The number of rotatable bonds is 5. The number of aromatic nitrogens is 4. The number of nitrogens with zero attached hydrogens (tertiary/aromatic N) is 4. The van der Waals surface area contributed by atoms with Crippen LogP contribution in [0.3, 0.4) is 0 Å². The fourth-order valence-electron chi connectivity index (χ4n) is 3.16. The molecule has 138 valence electrons. The summed E-state index contributed by atoms with van der Waals surface area (Å²) in [6.45, 7) is 0.684. The molecule has 0 unspecified atom stereocenters. The Morgan fingerprint density at radius 1 is 1.15 bits per heavy atom. The Kier molecular flexibility index (Phi) is 4.73. The molecule has 3 N–H and O–H groups in total. The highest BCUT2D eigenvalue weighted by Gasteiger charge is 2.43. The van der Waals surface area contributed by atoms with E-state index in [9.17, 15) is 10.2 Å². The Bertz CT molecular complexity index is 968. The summed E-state index contributed by atoms with van der Waals surface area (Å²) in [5.74, 6) is 2.92. The van der Waals surface area contributed by atoms with E-state index >= 15 is 0 Å². The Hall–Kier alpha value is -2.99. The highest BCUT2D eigenvalue weighted by Crippen LogP contribution is 2.31. The summed E-state index contributed by atoms with van der Waals surface area (Å²) in [6.07, 6.45) is 5.01. The molecule has 0 bridgehead atoms. The SMILES string of the molecule is C#C[C@H]1O[C@@H](n2cnc3c(NCCc4ccccc4)ncnc32)[C@H](O)[C@@H]1O. The van der Waals surface area contributed by atoms with Crippen molar-refractivity contribution in [1.82, 2.24) is 19.5 Å². The molecule has 3 heterocycles. The molecule has 8 heteroatoms. The number of benzene rings is 1. The first-order valence-electron chi connectivity index (χ1n) is 8.62. The Balaban J connectivity index is 1.54. The zero-order valence-corrected chi connectivity index (χ0v) is 14.4. The van der Waals surface area contributed by atoms with Gasteiger partial charge in [-0.15, -0.1) is 6.42 Å². The molecular weight excluding hydrogens is 346 g/mol. The molecule has 1 aromatic carbocycles. The number of ether oxygens (including phenoxy) is 1. The van der Waals surface area contributed by atoms with Crippen LogP contribution in [0.2, 0.25) is 0 Å². The number of terminal acetylenes is 1. The van der Waals surface area contributed by atoms with Gasteiger partial charge in [0.25, 0.3) is 0 Å². The van der Waals surface area contributed by atoms with Crippen molar-refractivity contribution in [2.45, 2.75) is 31.0 Å². The largest absolute Gasteiger partial charge is 0.386 e. The van der Waals surface area contributed by atoms with Gasteiger partial charge in [0.1, 0.15) is 24.6 Å². The summed E-state index contributed by atoms with van der Waals surface area (Å²) in [4.78, 5) is 12.9. The summed E-state index contributed by atoms with van der Waals surface area (Å²) in [7, 11) is 0. The normalized spacial score (nSPS) is 24.8. The average molecular weight is 365 g/mol. The second kappa shape index (κ2) is 7.32. The molecule has 1 aliphatic heterocycles. The van der Waals surface area contributed by atoms with Crippen molar-refractivity contribution in [2.75, 3.05) is 11.9 Å². The third kappa shape index (κ3) is 3.24. The monoisotopic (exact) mass is 365 g/mol. The van der Waals surface area contributed by atoms with E-state index < -0.39 is 24.5 Å². The van der Waals surface area contributed by atoms with E-state index in [1.807, 2.05) is 18.2 Å². The average Bonchev–Trinajstić information content (AvgIpc) is 3.25. The van der Waals surface area contributed by atoms with Gasteiger partial charge in [0, 0.05) is 6.54 Å². The van der Waals surface area contributed by atoms with Crippen LogP contribution in [0.15, 0.2) is 43.0 Å². The topological polar surface area (TPSA) is 105 Å². The van der Waals surface area contributed by atoms with Crippen LogP contribution in [-0.4, -0.2) is 54.6 Å². The Labute approximate surface area is 155 Å². The molecule has 0 saturated carbocycles. The van der Waals surface area contributed by atoms with Crippen molar-refractivity contribution in [3.05, 3.63) is 48.5 Å². The third-order valence-electron chi connectivity index (χ3n) is 4.58. The van der Waals surface area contributed by atoms with Crippen LogP contribution in [0.4, 0.5) is 5.82 Å². The number of aliphatic hydroxyl groups is 2. The highest BCUT2D eigenvalue weighted by molar-refractivity contribution is 5.82. The van der Waals surface area contributed by atoms with E-state index in [0.717, 1.165) is 6.42 Å².